The van der Waals surface area contributed by atoms with Crippen LogP contribution in [0.25, 0.3) is 0 Å². The molecule has 102 valence electrons. The van der Waals surface area contributed by atoms with Gasteiger partial charge in [0.1, 0.15) is 10.3 Å². The lowest BCUT2D eigenvalue weighted by atomic mass is 10.3. The molecule has 0 aromatic carbocycles. The molecule has 0 saturated heterocycles. The van der Waals surface area contributed by atoms with E-state index in [9.17, 15) is 4.79 Å². The number of aromatic amines is 1. The average molecular weight is 318 g/mol. The van der Waals surface area contributed by atoms with Crippen LogP contribution in [0.1, 0.15) is 25.4 Å². The Kier molecular flexibility index (Phi) is 6.52. The highest BCUT2D eigenvalue weighted by molar-refractivity contribution is 9.10. The molecule has 6 heteroatoms. The fourth-order valence-electron chi connectivity index (χ4n) is 1.71. The Hall–Kier alpha value is -0.720. The summed E-state index contributed by atoms with van der Waals surface area (Å²) in [5.41, 5.74) is 0.502. The van der Waals surface area contributed by atoms with Gasteiger partial charge in [-0.1, -0.05) is 13.8 Å². The molecular weight excluding hydrogens is 298 g/mol. The maximum Gasteiger partial charge on any atom is 0.265 e. The van der Waals surface area contributed by atoms with E-state index in [4.69, 9.17) is 4.74 Å². The predicted molar refractivity (Wildman–Crippen MR) is 74.8 cm³/mol. The van der Waals surface area contributed by atoms with Crippen LogP contribution in [0.2, 0.25) is 0 Å². The van der Waals surface area contributed by atoms with Crippen LogP contribution in [0.4, 0.5) is 0 Å². The summed E-state index contributed by atoms with van der Waals surface area (Å²) in [6.45, 7) is 7.48. The van der Waals surface area contributed by atoms with E-state index >= 15 is 0 Å². The Morgan fingerprint density at radius 2 is 2.06 bits per heavy atom. The molecule has 0 aliphatic carbocycles. The standard InChI is InChI=1S/C12H20BrN3O2/c1-4-16(5-2)7-6-10-14-9(8-18-3)11(13)12(17)15-10/h4-8H2,1-3H3,(H,14,15,17). The van der Waals surface area contributed by atoms with E-state index < -0.39 is 0 Å². The molecule has 1 rings (SSSR count). The summed E-state index contributed by atoms with van der Waals surface area (Å²) in [6.07, 6.45) is 0.737. The van der Waals surface area contributed by atoms with Crippen molar-refractivity contribution in [2.75, 3.05) is 26.7 Å². The second-order valence-electron chi connectivity index (χ2n) is 3.98. The van der Waals surface area contributed by atoms with E-state index in [1.54, 1.807) is 7.11 Å². The summed E-state index contributed by atoms with van der Waals surface area (Å²) in [5.74, 6) is 0.710. The van der Waals surface area contributed by atoms with Gasteiger partial charge in [-0.25, -0.2) is 4.98 Å². The molecule has 0 aliphatic rings. The molecule has 1 aromatic heterocycles. The first-order valence-electron chi connectivity index (χ1n) is 6.11. The largest absolute Gasteiger partial charge is 0.378 e. The van der Waals surface area contributed by atoms with E-state index in [0.717, 1.165) is 26.1 Å². The lowest BCUT2D eigenvalue weighted by Crippen LogP contribution is -2.27. The molecule has 0 aliphatic heterocycles. The number of H-pyrrole nitrogens is 1. The Morgan fingerprint density at radius 3 is 2.61 bits per heavy atom. The van der Waals surface area contributed by atoms with Crippen LogP contribution in [0.5, 0.6) is 0 Å². The van der Waals surface area contributed by atoms with Crippen LogP contribution in [-0.4, -0.2) is 41.6 Å². The minimum atomic E-state index is -0.147. The molecule has 5 nitrogen and oxygen atoms in total. The number of halogens is 1. The van der Waals surface area contributed by atoms with Crippen molar-refractivity contribution in [2.45, 2.75) is 26.9 Å². The third kappa shape index (κ3) is 4.19. The SMILES string of the molecule is CCN(CC)CCc1nc(COC)c(Br)c(=O)[nH]1. The summed E-state index contributed by atoms with van der Waals surface area (Å²) >= 11 is 3.23. The molecule has 18 heavy (non-hydrogen) atoms. The lowest BCUT2D eigenvalue weighted by Gasteiger charge is -2.17. The fraction of sp³-hybridized carbons (Fsp3) is 0.667. The summed E-state index contributed by atoms with van der Waals surface area (Å²) in [5, 5.41) is 0. The molecule has 0 bridgehead atoms. The van der Waals surface area contributed by atoms with Gasteiger partial charge in [0.25, 0.3) is 5.56 Å². The van der Waals surface area contributed by atoms with Gasteiger partial charge in [-0.2, -0.15) is 0 Å². The first-order chi connectivity index (χ1) is 8.62. The smallest absolute Gasteiger partial charge is 0.265 e. The van der Waals surface area contributed by atoms with Gasteiger partial charge < -0.3 is 14.6 Å². The van der Waals surface area contributed by atoms with E-state index in [1.807, 2.05) is 0 Å². The molecule has 1 heterocycles. The molecule has 0 amide bonds. The number of methoxy groups -OCH3 is 1. The van der Waals surface area contributed by atoms with E-state index in [0.29, 0.717) is 22.6 Å². The van der Waals surface area contributed by atoms with Crippen LogP contribution in [0.3, 0.4) is 0 Å². The van der Waals surface area contributed by atoms with Crippen molar-refractivity contribution in [2.24, 2.45) is 0 Å². The number of ether oxygens (including phenoxy) is 1. The summed E-state index contributed by atoms with van der Waals surface area (Å²) in [7, 11) is 1.59. The summed E-state index contributed by atoms with van der Waals surface area (Å²) in [6, 6.07) is 0. The minimum Gasteiger partial charge on any atom is -0.378 e. The zero-order chi connectivity index (χ0) is 13.5. The lowest BCUT2D eigenvalue weighted by molar-refractivity contribution is 0.180. The number of nitrogens with zero attached hydrogens (tertiary/aromatic N) is 2. The maximum absolute atomic E-state index is 11.7. The highest BCUT2D eigenvalue weighted by Gasteiger charge is 2.09. The first-order valence-corrected chi connectivity index (χ1v) is 6.90. The van der Waals surface area contributed by atoms with Gasteiger partial charge in [0.15, 0.2) is 0 Å². The normalized spacial score (nSPS) is 11.2. The number of nitrogens with one attached hydrogen (secondary N) is 1. The van der Waals surface area contributed by atoms with Crippen molar-refractivity contribution >= 4 is 15.9 Å². The van der Waals surface area contributed by atoms with Crippen molar-refractivity contribution in [1.29, 1.82) is 0 Å². The van der Waals surface area contributed by atoms with Crippen LogP contribution in [0.15, 0.2) is 9.27 Å². The number of likely N-dealkylation sites (N-methyl/N-ethyl adjacent to an activating group) is 1. The topological polar surface area (TPSA) is 58.2 Å². The van der Waals surface area contributed by atoms with Crippen molar-refractivity contribution in [3.8, 4) is 0 Å². The maximum atomic E-state index is 11.7. The van der Waals surface area contributed by atoms with Crippen molar-refractivity contribution < 1.29 is 4.74 Å². The van der Waals surface area contributed by atoms with Gasteiger partial charge in [0.2, 0.25) is 0 Å². The van der Waals surface area contributed by atoms with Gasteiger partial charge in [0, 0.05) is 20.1 Å². The number of hydrogen-bond acceptors (Lipinski definition) is 4. The molecule has 0 radical (unpaired) electrons. The fourth-order valence-corrected chi connectivity index (χ4v) is 2.01. The van der Waals surface area contributed by atoms with E-state index in [1.165, 1.54) is 0 Å². The van der Waals surface area contributed by atoms with Gasteiger partial charge >= 0.3 is 0 Å². The van der Waals surface area contributed by atoms with Crippen LogP contribution in [-0.2, 0) is 17.8 Å². The Labute approximate surface area is 116 Å². The van der Waals surface area contributed by atoms with E-state index in [-0.39, 0.29) is 5.56 Å². The summed E-state index contributed by atoms with van der Waals surface area (Å²) in [4.78, 5) is 21.2. The number of rotatable bonds is 7. The van der Waals surface area contributed by atoms with Crippen molar-refractivity contribution in [3.63, 3.8) is 0 Å². The Bertz CT molecular complexity index is 430. The molecular formula is C12H20BrN3O2. The molecule has 0 unspecified atom stereocenters. The highest BCUT2D eigenvalue weighted by atomic mass is 79.9. The molecule has 0 atom stereocenters. The van der Waals surface area contributed by atoms with Crippen LogP contribution < -0.4 is 5.56 Å². The minimum absolute atomic E-state index is 0.147. The average Bonchev–Trinajstić information content (AvgIpc) is 2.36. The van der Waals surface area contributed by atoms with Crippen molar-refractivity contribution in [1.82, 2.24) is 14.9 Å². The number of hydrogen-bond donors (Lipinski definition) is 1. The molecule has 1 aromatic rings. The third-order valence-electron chi connectivity index (χ3n) is 2.82. The second-order valence-corrected chi connectivity index (χ2v) is 4.78. The first kappa shape index (κ1) is 15.3. The Balaban J connectivity index is 2.80. The van der Waals surface area contributed by atoms with Gasteiger partial charge in [-0.15, -0.1) is 0 Å². The molecule has 0 fully saturated rings. The quantitative estimate of drug-likeness (QED) is 0.829. The summed E-state index contributed by atoms with van der Waals surface area (Å²) < 4.78 is 5.49. The predicted octanol–water partition coefficient (Wildman–Crippen LogP) is 1.56. The molecule has 0 spiro atoms. The molecule has 0 saturated carbocycles. The van der Waals surface area contributed by atoms with Crippen LogP contribution >= 0.6 is 15.9 Å². The zero-order valence-corrected chi connectivity index (χ0v) is 12.7. The third-order valence-corrected chi connectivity index (χ3v) is 3.64. The second kappa shape index (κ2) is 7.66. The highest BCUT2D eigenvalue weighted by Crippen LogP contribution is 2.10. The van der Waals surface area contributed by atoms with Crippen molar-refractivity contribution in [3.05, 3.63) is 26.3 Å². The Morgan fingerprint density at radius 1 is 1.39 bits per heavy atom. The van der Waals surface area contributed by atoms with Gasteiger partial charge in [-0.3, -0.25) is 4.79 Å². The number of aromatic nitrogens is 2. The monoisotopic (exact) mass is 317 g/mol. The van der Waals surface area contributed by atoms with Crippen LogP contribution in [0, 0.1) is 0 Å². The molecule has 1 N–H and O–H groups in total. The zero-order valence-electron chi connectivity index (χ0n) is 11.1. The van der Waals surface area contributed by atoms with E-state index in [2.05, 4.69) is 44.6 Å². The van der Waals surface area contributed by atoms with Gasteiger partial charge in [-0.05, 0) is 29.0 Å². The van der Waals surface area contributed by atoms with Gasteiger partial charge in [0.05, 0.1) is 12.3 Å².